The summed E-state index contributed by atoms with van der Waals surface area (Å²) in [5, 5.41) is 3.43. The third-order valence-corrected chi connectivity index (χ3v) is 2.48. The van der Waals surface area contributed by atoms with Gasteiger partial charge in [-0.3, -0.25) is 4.98 Å². The molecule has 0 amide bonds. The zero-order valence-corrected chi connectivity index (χ0v) is 10.7. The van der Waals surface area contributed by atoms with Gasteiger partial charge in [-0.05, 0) is 25.0 Å². The number of halogens is 1. The lowest BCUT2D eigenvalue weighted by molar-refractivity contribution is 0.188. The van der Waals surface area contributed by atoms with Gasteiger partial charge in [-0.2, -0.15) is 0 Å². The zero-order chi connectivity index (χ0) is 12.7. The maximum Gasteiger partial charge on any atom is 0.141 e. The van der Waals surface area contributed by atoms with Gasteiger partial charge in [-0.15, -0.1) is 0 Å². The van der Waals surface area contributed by atoms with Crippen LogP contribution in [0.2, 0.25) is 0 Å². The van der Waals surface area contributed by atoms with Gasteiger partial charge >= 0.3 is 0 Å². The molecule has 0 spiro atoms. The molecular formula is C13H21FN2O. The molecule has 1 aromatic heterocycles. The predicted molar refractivity (Wildman–Crippen MR) is 66.3 cm³/mol. The summed E-state index contributed by atoms with van der Waals surface area (Å²) in [5.41, 5.74) is 0.885. The van der Waals surface area contributed by atoms with Crippen molar-refractivity contribution in [2.24, 2.45) is 0 Å². The minimum atomic E-state index is -0.297. The van der Waals surface area contributed by atoms with Crippen molar-refractivity contribution in [1.29, 1.82) is 0 Å². The maximum atomic E-state index is 12.8. The summed E-state index contributed by atoms with van der Waals surface area (Å²) in [4.78, 5) is 4.13. The fourth-order valence-corrected chi connectivity index (χ4v) is 1.74. The van der Waals surface area contributed by atoms with Crippen LogP contribution in [-0.2, 0) is 4.74 Å². The molecule has 0 fully saturated rings. The Morgan fingerprint density at radius 1 is 1.41 bits per heavy atom. The molecule has 96 valence electrons. The number of rotatable bonds is 7. The topological polar surface area (TPSA) is 34.1 Å². The van der Waals surface area contributed by atoms with Crippen LogP contribution in [-0.4, -0.2) is 24.7 Å². The van der Waals surface area contributed by atoms with Crippen molar-refractivity contribution in [3.63, 3.8) is 0 Å². The quantitative estimate of drug-likeness (QED) is 0.744. The molecule has 0 aliphatic carbocycles. The van der Waals surface area contributed by atoms with Crippen LogP contribution in [0.25, 0.3) is 0 Å². The van der Waals surface area contributed by atoms with E-state index in [2.05, 4.69) is 24.1 Å². The van der Waals surface area contributed by atoms with Gasteiger partial charge in [0, 0.05) is 25.8 Å². The standard InChI is InChI=1S/C13H21FN2O/c1-10(2)16-13(5-4-8-17-3)12-7-6-11(14)9-15-12/h6-7,9-10,13,16H,4-5,8H2,1-3H3. The molecule has 1 aromatic rings. The highest BCUT2D eigenvalue weighted by Crippen LogP contribution is 2.17. The van der Waals surface area contributed by atoms with E-state index in [1.165, 1.54) is 12.3 Å². The monoisotopic (exact) mass is 240 g/mol. The molecule has 1 heterocycles. The van der Waals surface area contributed by atoms with Crippen LogP contribution in [0, 0.1) is 5.82 Å². The molecule has 0 radical (unpaired) electrons. The predicted octanol–water partition coefficient (Wildman–Crippen LogP) is 2.69. The second-order valence-corrected chi connectivity index (χ2v) is 4.41. The summed E-state index contributed by atoms with van der Waals surface area (Å²) in [6, 6.07) is 3.72. The Morgan fingerprint density at radius 3 is 2.71 bits per heavy atom. The molecule has 1 rings (SSSR count). The minimum absolute atomic E-state index is 0.158. The van der Waals surface area contributed by atoms with Crippen LogP contribution in [0.1, 0.15) is 38.4 Å². The molecule has 4 heteroatoms. The first-order valence-electron chi connectivity index (χ1n) is 6.00. The molecule has 0 saturated heterocycles. The van der Waals surface area contributed by atoms with Crippen molar-refractivity contribution in [2.45, 2.75) is 38.8 Å². The molecule has 17 heavy (non-hydrogen) atoms. The molecule has 1 unspecified atom stereocenters. The second-order valence-electron chi connectivity index (χ2n) is 4.41. The molecule has 0 bridgehead atoms. The Kier molecular flexibility index (Phi) is 6.08. The van der Waals surface area contributed by atoms with Gasteiger partial charge in [0.05, 0.1) is 11.9 Å². The first-order valence-corrected chi connectivity index (χ1v) is 6.00. The Bertz CT molecular complexity index is 314. The van der Waals surface area contributed by atoms with Crippen LogP contribution in [0.4, 0.5) is 4.39 Å². The van der Waals surface area contributed by atoms with Gasteiger partial charge in [-0.1, -0.05) is 13.8 Å². The smallest absolute Gasteiger partial charge is 0.141 e. The van der Waals surface area contributed by atoms with E-state index in [4.69, 9.17) is 4.74 Å². The van der Waals surface area contributed by atoms with Crippen molar-refractivity contribution in [3.8, 4) is 0 Å². The SMILES string of the molecule is COCCCC(NC(C)C)c1ccc(F)cn1. The van der Waals surface area contributed by atoms with Gasteiger partial charge in [0.25, 0.3) is 0 Å². The number of hydrogen-bond acceptors (Lipinski definition) is 3. The van der Waals surface area contributed by atoms with Gasteiger partial charge in [0.15, 0.2) is 0 Å². The van der Waals surface area contributed by atoms with Crippen molar-refractivity contribution < 1.29 is 9.13 Å². The van der Waals surface area contributed by atoms with E-state index in [0.717, 1.165) is 25.1 Å². The third kappa shape index (κ3) is 5.24. The Balaban J connectivity index is 2.64. The summed E-state index contributed by atoms with van der Waals surface area (Å²) in [7, 11) is 1.70. The molecule has 0 aromatic carbocycles. The highest BCUT2D eigenvalue weighted by atomic mass is 19.1. The number of methoxy groups -OCH3 is 1. The highest BCUT2D eigenvalue weighted by Gasteiger charge is 2.13. The van der Waals surface area contributed by atoms with Gasteiger partial charge in [0.2, 0.25) is 0 Å². The number of aromatic nitrogens is 1. The van der Waals surface area contributed by atoms with E-state index in [0.29, 0.717) is 6.04 Å². The summed E-state index contributed by atoms with van der Waals surface area (Å²) in [6.45, 7) is 4.91. The average molecular weight is 240 g/mol. The number of nitrogens with one attached hydrogen (secondary N) is 1. The summed E-state index contributed by atoms with van der Waals surface area (Å²) >= 11 is 0. The van der Waals surface area contributed by atoms with Crippen LogP contribution >= 0.6 is 0 Å². The first-order chi connectivity index (χ1) is 8.13. The lowest BCUT2D eigenvalue weighted by atomic mass is 10.1. The molecule has 0 saturated carbocycles. The minimum Gasteiger partial charge on any atom is -0.385 e. The van der Waals surface area contributed by atoms with Crippen molar-refractivity contribution in [1.82, 2.24) is 10.3 Å². The second kappa shape index (κ2) is 7.35. The zero-order valence-electron chi connectivity index (χ0n) is 10.7. The summed E-state index contributed by atoms with van der Waals surface area (Å²) in [5.74, 6) is -0.297. The fraction of sp³-hybridized carbons (Fsp3) is 0.615. The summed E-state index contributed by atoms with van der Waals surface area (Å²) in [6.07, 6.45) is 3.16. The van der Waals surface area contributed by atoms with E-state index < -0.39 is 0 Å². The van der Waals surface area contributed by atoms with Gasteiger partial charge < -0.3 is 10.1 Å². The van der Waals surface area contributed by atoms with E-state index >= 15 is 0 Å². The van der Waals surface area contributed by atoms with Crippen LogP contribution in [0.3, 0.4) is 0 Å². The number of hydrogen-bond donors (Lipinski definition) is 1. The Hall–Kier alpha value is -1.00. The van der Waals surface area contributed by atoms with Crippen molar-refractivity contribution in [2.75, 3.05) is 13.7 Å². The van der Waals surface area contributed by atoms with Crippen LogP contribution in [0.5, 0.6) is 0 Å². The van der Waals surface area contributed by atoms with Gasteiger partial charge in [0.1, 0.15) is 5.82 Å². The summed E-state index contributed by atoms with van der Waals surface area (Å²) < 4.78 is 17.9. The normalized spacial score (nSPS) is 13.0. The number of ether oxygens (including phenoxy) is 1. The Morgan fingerprint density at radius 2 is 2.18 bits per heavy atom. The van der Waals surface area contributed by atoms with Gasteiger partial charge in [-0.25, -0.2) is 4.39 Å². The molecular weight excluding hydrogens is 219 g/mol. The van der Waals surface area contributed by atoms with Crippen molar-refractivity contribution in [3.05, 3.63) is 29.8 Å². The maximum absolute atomic E-state index is 12.8. The molecule has 0 aliphatic rings. The molecule has 1 atom stereocenters. The molecule has 3 nitrogen and oxygen atoms in total. The highest BCUT2D eigenvalue weighted by molar-refractivity contribution is 5.10. The third-order valence-electron chi connectivity index (χ3n) is 2.48. The number of nitrogens with zero attached hydrogens (tertiary/aromatic N) is 1. The van der Waals surface area contributed by atoms with E-state index in [9.17, 15) is 4.39 Å². The fourth-order valence-electron chi connectivity index (χ4n) is 1.74. The van der Waals surface area contributed by atoms with E-state index in [-0.39, 0.29) is 11.9 Å². The average Bonchev–Trinajstić information content (AvgIpc) is 2.28. The molecule has 1 N–H and O–H groups in total. The van der Waals surface area contributed by atoms with E-state index in [1.807, 2.05) is 0 Å². The van der Waals surface area contributed by atoms with Crippen molar-refractivity contribution >= 4 is 0 Å². The van der Waals surface area contributed by atoms with Crippen LogP contribution in [0.15, 0.2) is 18.3 Å². The first kappa shape index (κ1) is 14.1. The van der Waals surface area contributed by atoms with E-state index in [1.54, 1.807) is 13.2 Å². The molecule has 0 aliphatic heterocycles. The lowest BCUT2D eigenvalue weighted by Crippen LogP contribution is -2.29. The number of pyridine rings is 1. The lowest BCUT2D eigenvalue weighted by Gasteiger charge is -2.20. The largest absolute Gasteiger partial charge is 0.385 e. The Labute approximate surface area is 102 Å². The van der Waals surface area contributed by atoms with Crippen LogP contribution < -0.4 is 5.32 Å².